The molecule has 2 fully saturated rings. The van der Waals surface area contributed by atoms with Crippen LogP contribution in [0.3, 0.4) is 0 Å². The SMILES string of the molecule is CC(C)(C)C1CCC(C(N)CC2CCCC2)CC1. The summed E-state index contributed by atoms with van der Waals surface area (Å²) in [6, 6.07) is 0.494. The van der Waals surface area contributed by atoms with Crippen molar-refractivity contribution >= 4 is 0 Å². The fourth-order valence-corrected chi connectivity index (χ4v) is 4.24. The zero-order valence-corrected chi connectivity index (χ0v) is 12.8. The van der Waals surface area contributed by atoms with Crippen LogP contribution in [0.15, 0.2) is 0 Å². The van der Waals surface area contributed by atoms with Crippen LogP contribution in [-0.2, 0) is 0 Å². The zero-order valence-electron chi connectivity index (χ0n) is 12.8. The third kappa shape index (κ3) is 3.73. The van der Waals surface area contributed by atoms with E-state index in [1.54, 1.807) is 0 Å². The molecule has 2 N–H and O–H groups in total. The fraction of sp³-hybridized carbons (Fsp3) is 1.00. The van der Waals surface area contributed by atoms with Crippen molar-refractivity contribution in [3.05, 3.63) is 0 Å². The molecule has 0 saturated heterocycles. The topological polar surface area (TPSA) is 26.0 Å². The first kappa shape index (κ1) is 14.4. The van der Waals surface area contributed by atoms with E-state index in [4.69, 9.17) is 5.73 Å². The number of nitrogens with two attached hydrogens (primary N) is 1. The Morgan fingerprint density at radius 2 is 1.50 bits per heavy atom. The lowest BCUT2D eigenvalue weighted by atomic mass is 9.68. The highest BCUT2D eigenvalue weighted by molar-refractivity contribution is 4.86. The molecule has 1 nitrogen and oxygen atoms in total. The summed E-state index contributed by atoms with van der Waals surface area (Å²) in [7, 11) is 0. The van der Waals surface area contributed by atoms with Crippen LogP contribution >= 0.6 is 0 Å². The molecule has 0 radical (unpaired) electrons. The molecule has 106 valence electrons. The summed E-state index contributed by atoms with van der Waals surface area (Å²) in [6.07, 6.45) is 12.7. The molecule has 2 saturated carbocycles. The van der Waals surface area contributed by atoms with E-state index >= 15 is 0 Å². The predicted molar refractivity (Wildman–Crippen MR) is 79.5 cm³/mol. The fourth-order valence-electron chi connectivity index (χ4n) is 4.24. The van der Waals surface area contributed by atoms with Gasteiger partial charge in [0, 0.05) is 6.04 Å². The molecule has 1 atom stereocenters. The van der Waals surface area contributed by atoms with Crippen LogP contribution in [0.2, 0.25) is 0 Å². The van der Waals surface area contributed by atoms with Gasteiger partial charge < -0.3 is 5.73 Å². The Morgan fingerprint density at radius 1 is 0.944 bits per heavy atom. The van der Waals surface area contributed by atoms with E-state index in [9.17, 15) is 0 Å². The molecule has 1 unspecified atom stereocenters. The van der Waals surface area contributed by atoms with Gasteiger partial charge in [-0.05, 0) is 55.3 Å². The first-order chi connectivity index (χ1) is 8.47. The molecule has 2 aliphatic rings. The summed E-state index contributed by atoms with van der Waals surface area (Å²) in [6.45, 7) is 7.20. The molecule has 0 aliphatic heterocycles. The van der Waals surface area contributed by atoms with Crippen LogP contribution in [0.1, 0.15) is 78.6 Å². The molecule has 0 bridgehead atoms. The van der Waals surface area contributed by atoms with Crippen molar-refractivity contribution in [1.29, 1.82) is 0 Å². The summed E-state index contributed by atoms with van der Waals surface area (Å²) >= 11 is 0. The average molecular weight is 251 g/mol. The second kappa shape index (κ2) is 5.94. The van der Waals surface area contributed by atoms with E-state index < -0.39 is 0 Å². The molecule has 0 heterocycles. The Morgan fingerprint density at radius 3 is 2.00 bits per heavy atom. The molecule has 0 aromatic heterocycles. The molecule has 0 aromatic carbocycles. The highest BCUT2D eigenvalue weighted by Gasteiger charge is 2.32. The third-order valence-corrected chi connectivity index (χ3v) is 5.68. The van der Waals surface area contributed by atoms with Crippen LogP contribution < -0.4 is 5.73 Å². The molecule has 0 aromatic rings. The zero-order chi connectivity index (χ0) is 13.2. The van der Waals surface area contributed by atoms with Gasteiger partial charge in [0.05, 0.1) is 0 Å². The van der Waals surface area contributed by atoms with Crippen LogP contribution in [0.5, 0.6) is 0 Å². The minimum absolute atomic E-state index is 0.494. The van der Waals surface area contributed by atoms with E-state index in [2.05, 4.69) is 20.8 Å². The molecule has 0 spiro atoms. The van der Waals surface area contributed by atoms with E-state index in [0.717, 1.165) is 17.8 Å². The van der Waals surface area contributed by atoms with Crippen molar-refractivity contribution < 1.29 is 0 Å². The van der Waals surface area contributed by atoms with Crippen LogP contribution in [-0.4, -0.2) is 6.04 Å². The second-order valence-corrected chi connectivity index (χ2v) is 8.03. The summed E-state index contributed by atoms with van der Waals surface area (Å²) in [5.74, 6) is 2.71. The van der Waals surface area contributed by atoms with Gasteiger partial charge in [-0.25, -0.2) is 0 Å². The second-order valence-electron chi connectivity index (χ2n) is 8.03. The maximum Gasteiger partial charge on any atom is 0.00698 e. The molecule has 2 rings (SSSR count). The van der Waals surface area contributed by atoms with Gasteiger partial charge >= 0.3 is 0 Å². The molecular weight excluding hydrogens is 218 g/mol. The molecular formula is C17H33N. The highest BCUT2D eigenvalue weighted by Crippen LogP contribution is 2.41. The minimum atomic E-state index is 0.494. The lowest BCUT2D eigenvalue weighted by Gasteiger charge is -2.39. The van der Waals surface area contributed by atoms with Gasteiger partial charge in [-0.2, -0.15) is 0 Å². The van der Waals surface area contributed by atoms with Crippen LogP contribution in [0.25, 0.3) is 0 Å². The molecule has 18 heavy (non-hydrogen) atoms. The van der Waals surface area contributed by atoms with Crippen molar-refractivity contribution in [1.82, 2.24) is 0 Å². The Labute approximate surface area is 114 Å². The summed E-state index contributed by atoms with van der Waals surface area (Å²) in [5.41, 5.74) is 6.98. The van der Waals surface area contributed by atoms with Crippen molar-refractivity contribution in [3.8, 4) is 0 Å². The average Bonchev–Trinajstić information content (AvgIpc) is 2.81. The van der Waals surface area contributed by atoms with Crippen molar-refractivity contribution in [2.75, 3.05) is 0 Å². The van der Waals surface area contributed by atoms with Crippen LogP contribution in [0, 0.1) is 23.2 Å². The van der Waals surface area contributed by atoms with E-state index in [1.165, 1.54) is 57.8 Å². The molecule has 2 aliphatic carbocycles. The highest BCUT2D eigenvalue weighted by atomic mass is 14.7. The quantitative estimate of drug-likeness (QED) is 0.770. The maximum absolute atomic E-state index is 6.48. The smallest absolute Gasteiger partial charge is 0.00698 e. The molecule has 1 heteroatoms. The Bertz CT molecular complexity index is 239. The van der Waals surface area contributed by atoms with Crippen molar-refractivity contribution in [2.45, 2.75) is 84.6 Å². The van der Waals surface area contributed by atoms with E-state index in [0.29, 0.717) is 11.5 Å². The van der Waals surface area contributed by atoms with Gasteiger partial charge in [0.1, 0.15) is 0 Å². The summed E-state index contributed by atoms with van der Waals surface area (Å²) in [4.78, 5) is 0. The Hall–Kier alpha value is -0.0400. The normalized spacial score (nSPS) is 32.7. The molecule has 0 amide bonds. The number of hydrogen-bond acceptors (Lipinski definition) is 1. The predicted octanol–water partition coefficient (Wildman–Crippen LogP) is 4.75. The lowest BCUT2D eigenvalue weighted by Crippen LogP contribution is -2.36. The largest absolute Gasteiger partial charge is 0.327 e. The Balaban J connectivity index is 1.74. The van der Waals surface area contributed by atoms with Gasteiger partial charge in [0.15, 0.2) is 0 Å². The van der Waals surface area contributed by atoms with Gasteiger partial charge in [0.25, 0.3) is 0 Å². The van der Waals surface area contributed by atoms with Gasteiger partial charge in [-0.3, -0.25) is 0 Å². The van der Waals surface area contributed by atoms with Gasteiger partial charge in [0.2, 0.25) is 0 Å². The first-order valence-corrected chi connectivity index (χ1v) is 8.22. The standard InChI is InChI=1S/C17H33N/c1-17(2,3)15-10-8-14(9-11-15)16(18)12-13-6-4-5-7-13/h13-16H,4-12,18H2,1-3H3. The van der Waals surface area contributed by atoms with Crippen molar-refractivity contribution in [2.24, 2.45) is 28.9 Å². The minimum Gasteiger partial charge on any atom is -0.327 e. The third-order valence-electron chi connectivity index (χ3n) is 5.68. The Kier molecular flexibility index (Phi) is 4.75. The van der Waals surface area contributed by atoms with Gasteiger partial charge in [-0.15, -0.1) is 0 Å². The van der Waals surface area contributed by atoms with E-state index in [-0.39, 0.29) is 0 Å². The van der Waals surface area contributed by atoms with Crippen molar-refractivity contribution in [3.63, 3.8) is 0 Å². The van der Waals surface area contributed by atoms with E-state index in [1.807, 2.05) is 0 Å². The van der Waals surface area contributed by atoms with Gasteiger partial charge in [-0.1, -0.05) is 46.5 Å². The summed E-state index contributed by atoms with van der Waals surface area (Å²) in [5, 5.41) is 0. The van der Waals surface area contributed by atoms with Crippen LogP contribution in [0.4, 0.5) is 0 Å². The maximum atomic E-state index is 6.48. The summed E-state index contributed by atoms with van der Waals surface area (Å²) < 4.78 is 0. The monoisotopic (exact) mass is 251 g/mol. The lowest BCUT2D eigenvalue weighted by molar-refractivity contribution is 0.134. The number of hydrogen-bond donors (Lipinski definition) is 1. The first-order valence-electron chi connectivity index (χ1n) is 8.22. The number of rotatable bonds is 3.